The molecule has 20 heavy (non-hydrogen) atoms. The maximum absolute atomic E-state index is 12.2. The monoisotopic (exact) mass is 286 g/mol. The molecule has 2 unspecified atom stereocenters. The lowest BCUT2D eigenvalue weighted by Gasteiger charge is -2.26. The highest BCUT2D eigenvalue weighted by atomic mass is 16.5. The Labute approximate surface area is 123 Å². The van der Waals surface area contributed by atoms with Gasteiger partial charge in [-0.15, -0.1) is 0 Å². The number of rotatable bonds is 10. The molecule has 0 aliphatic rings. The van der Waals surface area contributed by atoms with E-state index in [4.69, 9.17) is 9.47 Å². The third kappa shape index (κ3) is 7.51. The van der Waals surface area contributed by atoms with Crippen LogP contribution < -0.4 is 0 Å². The van der Waals surface area contributed by atoms with Gasteiger partial charge in [0.2, 0.25) is 0 Å². The molecule has 0 heterocycles. The number of carbonyl (C=O) groups excluding carboxylic acids is 2. The van der Waals surface area contributed by atoms with Crippen molar-refractivity contribution in [2.45, 2.75) is 60.3 Å². The largest absolute Gasteiger partial charge is 0.466 e. The molecule has 0 N–H and O–H groups in total. The highest BCUT2D eigenvalue weighted by Gasteiger charge is 2.32. The van der Waals surface area contributed by atoms with Crippen LogP contribution in [0.25, 0.3) is 0 Å². The molecular weight excluding hydrogens is 256 g/mol. The summed E-state index contributed by atoms with van der Waals surface area (Å²) >= 11 is 0. The average Bonchev–Trinajstić information content (AvgIpc) is 2.35. The third-order valence-electron chi connectivity index (χ3n) is 3.28. The number of hydrogen-bond donors (Lipinski definition) is 0. The average molecular weight is 286 g/mol. The lowest BCUT2D eigenvalue weighted by molar-refractivity contribution is -0.157. The summed E-state index contributed by atoms with van der Waals surface area (Å²) in [6, 6.07) is 0. The molecule has 2 atom stereocenters. The van der Waals surface area contributed by atoms with E-state index in [2.05, 4.69) is 20.8 Å². The molecule has 0 spiro atoms. The maximum Gasteiger partial charge on any atom is 0.309 e. The second-order valence-electron chi connectivity index (χ2n) is 5.55. The van der Waals surface area contributed by atoms with Crippen LogP contribution in [-0.2, 0) is 19.1 Å². The zero-order valence-electron chi connectivity index (χ0n) is 13.6. The van der Waals surface area contributed by atoms with E-state index in [1.807, 2.05) is 0 Å². The van der Waals surface area contributed by atoms with Crippen LogP contribution in [0.2, 0.25) is 0 Å². The fourth-order valence-electron chi connectivity index (χ4n) is 2.55. The number of hydrogen-bond acceptors (Lipinski definition) is 4. The van der Waals surface area contributed by atoms with Crippen LogP contribution in [0.4, 0.5) is 0 Å². The molecular formula is C16H30O4. The van der Waals surface area contributed by atoms with E-state index in [0.717, 1.165) is 19.3 Å². The normalized spacial score (nSPS) is 13.9. The van der Waals surface area contributed by atoms with Crippen LogP contribution in [0.1, 0.15) is 60.3 Å². The van der Waals surface area contributed by atoms with Gasteiger partial charge in [-0.1, -0.05) is 27.2 Å². The van der Waals surface area contributed by atoms with E-state index >= 15 is 0 Å². The summed E-state index contributed by atoms with van der Waals surface area (Å²) in [7, 11) is 0. The molecule has 0 fully saturated rings. The zero-order chi connectivity index (χ0) is 15.5. The predicted octanol–water partition coefficient (Wildman–Crippen LogP) is 3.58. The van der Waals surface area contributed by atoms with E-state index in [1.165, 1.54) is 0 Å². The molecule has 0 aromatic carbocycles. The molecule has 0 aliphatic heterocycles. The summed E-state index contributed by atoms with van der Waals surface area (Å²) in [5.41, 5.74) is 0. The van der Waals surface area contributed by atoms with Gasteiger partial charge in [0.25, 0.3) is 0 Å². The van der Waals surface area contributed by atoms with Crippen molar-refractivity contribution in [1.82, 2.24) is 0 Å². The molecule has 0 bridgehead atoms. The topological polar surface area (TPSA) is 52.6 Å². The van der Waals surface area contributed by atoms with Gasteiger partial charge in [0.15, 0.2) is 0 Å². The summed E-state index contributed by atoms with van der Waals surface area (Å²) in [6.45, 7) is 10.6. The van der Waals surface area contributed by atoms with Crippen molar-refractivity contribution in [1.29, 1.82) is 0 Å². The highest BCUT2D eigenvalue weighted by molar-refractivity contribution is 5.80. The Bertz CT molecular complexity index is 286. The van der Waals surface area contributed by atoms with Gasteiger partial charge in [0.1, 0.15) is 0 Å². The molecule has 0 aromatic heterocycles. The van der Waals surface area contributed by atoms with E-state index in [-0.39, 0.29) is 30.2 Å². The summed E-state index contributed by atoms with van der Waals surface area (Å²) in [5.74, 6) is -0.277. The van der Waals surface area contributed by atoms with E-state index in [1.54, 1.807) is 13.8 Å². The van der Waals surface area contributed by atoms with Crippen LogP contribution in [0, 0.1) is 17.8 Å². The fourth-order valence-corrected chi connectivity index (χ4v) is 2.55. The summed E-state index contributed by atoms with van der Waals surface area (Å²) in [5, 5.41) is 0. The predicted molar refractivity (Wildman–Crippen MR) is 79.2 cm³/mol. The van der Waals surface area contributed by atoms with E-state index in [9.17, 15) is 9.59 Å². The fraction of sp³-hybridized carbons (Fsp3) is 0.875. The maximum atomic E-state index is 12.2. The van der Waals surface area contributed by atoms with Crippen LogP contribution in [0.5, 0.6) is 0 Å². The standard InChI is InChI=1S/C16H30O4/c1-6-9-13(10-12(4)5)14(16(18)20-8-3)11-15(17)19-7-2/h12-14H,6-11H2,1-5H3. The van der Waals surface area contributed by atoms with E-state index in [0.29, 0.717) is 19.1 Å². The molecule has 0 rings (SSSR count). The van der Waals surface area contributed by atoms with Gasteiger partial charge in [-0.25, -0.2) is 0 Å². The van der Waals surface area contributed by atoms with Crippen LogP contribution in [-0.4, -0.2) is 25.2 Å². The SMILES string of the molecule is CCCC(CC(C)C)C(CC(=O)OCC)C(=O)OCC. The molecule has 0 radical (unpaired) electrons. The van der Waals surface area contributed by atoms with Crippen molar-refractivity contribution >= 4 is 11.9 Å². The Morgan fingerprint density at radius 3 is 2.05 bits per heavy atom. The van der Waals surface area contributed by atoms with Gasteiger partial charge in [0, 0.05) is 0 Å². The first-order chi connectivity index (χ1) is 9.46. The lowest BCUT2D eigenvalue weighted by Crippen LogP contribution is -2.30. The van der Waals surface area contributed by atoms with Crippen molar-refractivity contribution < 1.29 is 19.1 Å². The van der Waals surface area contributed by atoms with Gasteiger partial charge in [-0.05, 0) is 38.5 Å². The minimum atomic E-state index is -0.378. The van der Waals surface area contributed by atoms with Crippen LogP contribution >= 0.6 is 0 Å². The Hall–Kier alpha value is -1.06. The molecule has 0 amide bonds. The van der Waals surface area contributed by atoms with Crippen molar-refractivity contribution in [3.05, 3.63) is 0 Å². The Morgan fingerprint density at radius 1 is 1.00 bits per heavy atom. The smallest absolute Gasteiger partial charge is 0.309 e. The van der Waals surface area contributed by atoms with Crippen LogP contribution in [0.15, 0.2) is 0 Å². The molecule has 0 saturated heterocycles. The van der Waals surface area contributed by atoms with Gasteiger partial charge < -0.3 is 9.47 Å². The minimum Gasteiger partial charge on any atom is -0.466 e. The molecule has 118 valence electrons. The lowest BCUT2D eigenvalue weighted by atomic mass is 9.80. The first-order valence-electron chi connectivity index (χ1n) is 7.78. The zero-order valence-corrected chi connectivity index (χ0v) is 13.6. The number of esters is 2. The molecule has 0 saturated carbocycles. The number of carbonyl (C=O) groups is 2. The van der Waals surface area contributed by atoms with Gasteiger partial charge >= 0.3 is 11.9 Å². The highest BCUT2D eigenvalue weighted by Crippen LogP contribution is 2.29. The number of ether oxygens (including phenoxy) is 2. The van der Waals surface area contributed by atoms with Gasteiger partial charge in [-0.2, -0.15) is 0 Å². The first kappa shape index (κ1) is 18.9. The molecule has 4 heteroatoms. The van der Waals surface area contributed by atoms with Gasteiger partial charge in [0.05, 0.1) is 25.6 Å². The van der Waals surface area contributed by atoms with Crippen molar-refractivity contribution in [3.8, 4) is 0 Å². The Balaban J connectivity index is 4.92. The summed E-state index contributed by atoms with van der Waals surface area (Å²) in [4.78, 5) is 23.9. The second-order valence-corrected chi connectivity index (χ2v) is 5.55. The van der Waals surface area contributed by atoms with Crippen molar-refractivity contribution in [2.75, 3.05) is 13.2 Å². The third-order valence-corrected chi connectivity index (χ3v) is 3.28. The molecule has 0 aromatic rings. The Morgan fingerprint density at radius 2 is 1.60 bits per heavy atom. The van der Waals surface area contributed by atoms with E-state index < -0.39 is 0 Å². The summed E-state index contributed by atoms with van der Waals surface area (Å²) < 4.78 is 10.1. The Kier molecular flexibility index (Phi) is 10.1. The second kappa shape index (κ2) is 10.7. The van der Waals surface area contributed by atoms with Crippen molar-refractivity contribution in [3.63, 3.8) is 0 Å². The quantitative estimate of drug-likeness (QED) is 0.576. The minimum absolute atomic E-state index is 0.129. The first-order valence-corrected chi connectivity index (χ1v) is 7.78. The molecule has 0 aliphatic carbocycles. The van der Waals surface area contributed by atoms with Crippen molar-refractivity contribution in [2.24, 2.45) is 17.8 Å². The summed E-state index contributed by atoms with van der Waals surface area (Å²) in [6.07, 6.45) is 2.98. The molecule has 4 nitrogen and oxygen atoms in total. The van der Waals surface area contributed by atoms with Gasteiger partial charge in [-0.3, -0.25) is 9.59 Å². The van der Waals surface area contributed by atoms with Crippen LogP contribution in [0.3, 0.4) is 0 Å².